The van der Waals surface area contributed by atoms with Gasteiger partial charge in [-0.1, -0.05) is 47.0 Å². The minimum atomic E-state index is 0.602. The number of halogens is 1. The SMILES string of the molecule is C=N/C=C\C(=C/CCC#C/C=C\C=N/F)CCCCNCC(C)C1(C)CC1. The van der Waals surface area contributed by atoms with E-state index in [0.29, 0.717) is 5.41 Å². The van der Waals surface area contributed by atoms with Crippen LogP contribution in [0.5, 0.6) is 0 Å². The fraction of sp³-hybridized carbons (Fsp3) is 0.565. The zero-order valence-electron chi connectivity index (χ0n) is 16.9. The average molecular weight is 372 g/mol. The van der Waals surface area contributed by atoms with E-state index in [1.54, 1.807) is 12.3 Å². The van der Waals surface area contributed by atoms with E-state index in [9.17, 15) is 4.48 Å². The highest BCUT2D eigenvalue weighted by Crippen LogP contribution is 2.51. The number of unbranched alkanes of at least 4 members (excludes halogenated alkanes) is 2. The number of rotatable bonds is 13. The van der Waals surface area contributed by atoms with Crippen molar-refractivity contribution in [1.82, 2.24) is 5.32 Å². The lowest BCUT2D eigenvalue weighted by atomic mass is 9.93. The molecule has 1 aliphatic rings. The standard InChI is InChI=1S/C23H34FN3/c1-21(23(2)15-16-23)20-26-17-11-9-13-22(14-19-25-3)12-8-6-4-5-7-10-18-27-24/h7,10,12,14,18-19,21,26H,3,6,8-9,11,13,15-17,20H2,1-2H3/b10-7-,19-14-,22-12-,27-18-. The van der Waals surface area contributed by atoms with Gasteiger partial charge in [0.05, 0.1) is 6.21 Å². The third-order valence-electron chi connectivity index (χ3n) is 5.24. The molecule has 1 atom stereocenters. The lowest BCUT2D eigenvalue weighted by Crippen LogP contribution is -2.26. The van der Waals surface area contributed by atoms with Gasteiger partial charge in [0.1, 0.15) is 0 Å². The Labute approximate surface area is 164 Å². The van der Waals surface area contributed by atoms with Crippen LogP contribution in [0, 0.1) is 23.2 Å². The minimum absolute atomic E-state index is 0.602. The van der Waals surface area contributed by atoms with E-state index in [1.807, 2.05) is 6.08 Å². The number of allylic oxidation sites excluding steroid dienone is 5. The van der Waals surface area contributed by atoms with Crippen molar-refractivity contribution in [2.24, 2.45) is 21.5 Å². The molecule has 1 rings (SSSR count). The second-order valence-corrected chi connectivity index (χ2v) is 7.46. The molecule has 0 saturated heterocycles. The Hall–Kier alpha value is -1.99. The van der Waals surface area contributed by atoms with Gasteiger partial charge in [-0.15, -0.1) is 0 Å². The Morgan fingerprint density at radius 3 is 2.89 bits per heavy atom. The number of aliphatic imine (C=N–C) groups is 1. The third kappa shape index (κ3) is 11.4. The fourth-order valence-corrected chi connectivity index (χ4v) is 2.82. The Morgan fingerprint density at radius 1 is 1.37 bits per heavy atom. The molecule has 0 aromatic carbocycles. The summed E-state index contributed by atoms with van der Waals surface area (Å²) in [6.07, 6.45) is 17.9. The molecule has 1 N–H and O–H groups in total. The number of nitrogens with one attached hydrogen (secondary N) is 1. The van der Waals surface area contributed by atoms with Gasteiger partial charge in [-0.05, 0) is 87.9 Å². The second kappa shape index (κ2) is 14.1. The highest BCUT2D eigenvalue weighted by Gasteiger charge is 2.41. The third-order valence-corrected chi connectivity index (χ3v) is 5.24. The summed E-state index contributed by atoms with van der Waals surface area (Å²) in [5, 5.41) is 5.98. The van der Waals surface area contributed by atoms with Gasteiger partial charge in [-0.25, -0.2) is 0 Å². The van der Waals surface area contributed by atoms with Gasteiger partial charge in [0, 0.05) is 12.6 Å². The molecule has 1 fully saturated rings. The van der Waals surface area contributed by atoms with Gasteiger partial charge in [-0.3, -0.25) is 4.99 Å². The van der Waals surface area contributed by atoms with Gasteiger partial charge >= 0.3 is 0 Å². The summed E-state index contributed by atoms with van der Waals surface area (Å²) in [6, 6.07) is 0. The minimum Gasteiger partial charge on any atom is -0.316 e. The molecule has 0 aromatic heterocycles. The highest BCUT2D eigenvalue weighted by atomic mass is 19.2. The first-order chi connectivity index (χ1) is 13.1. The van der Waals surface area contributed by atoms with Crippen molar-refractivity contribution < 1.29 is 4.48 Å². The number of hydrogen-bond acceptors (Lipinski definition) is 3. The molecular weight excluding hydrogens is 337 g/mol. The molecule has 1 aliphatic carbocycles. The van der Waals surface area contributed by atoms with Crippen molar-refractivity contribution in [2.75, 3.05) is 13.1 Å². The largest absolute Gasteiger partial charge is 0.316 e. The van der Waals surface area contributed by atoms with Crippen molar-refractivity contribution in [3.63, 3.8) is 0 Å². The van der Waals surface area contributed by atoms with Crippen molar-refractivity contribution in [2.45, 2.75) is 58.8 Å². The van der Waals surface area contributed by atoms with E-state index in [1.165, 1.54) is 30.9 Å². The van der Waals surface area contributed by atoms with Gasteiger partial charge in [0.25, 0.3) is 0 Å². The van der Waals surface area contributed by atoms with Crippen LogP contribution in [0.3, 0.4) is 0 Å². The fourth-order valence-electron chi connectivity index (χ4n) is 2.82. The Kier molecular flexibility index (Phi) is 12.1. The summed E-state index contributed by atoms with van der Waals surface area (Å²) in [7, 11) is 0. The molecule has 0 aliphatic heterocycles. The Balaban J connectivity index is 2.22. The quantitative estimate of drug-likeness (QED) is 0.194. The molecule has 3 nitrogen and oxygen atoms in total. The van der Waals surface area contributed by atoms with Crippen LogP contribution in [0.25, 0.3) is 0 Å². The van der Waals surface area contributed by atoms with E-state index in [0.717, 1.165) is 50.9 Å². The van der Waals surface area contributed by atoms with Gasteiger partial charge in [-0.2, -0.15) is 0 Å². The van der Waals surface area contributed by atoms with Crippen LogP contribution >= 0.6 is 0 Å². The number of nitrogens with zero attached hydrogens (tertiary/aromatic N) is 2. The zero-order chi connectivity index (χ0) is 19.8. The highest BCUT2D eigenvalue weighted by molar-refractivity contribution is 5.71. The van der Waals surface area contributed by atoms with Gasteiger partial charge < -0.3 is 5.32 Å². The van der Waals surface area contributed by atoms with Crippen LogP contribution < -0.4 is 5.32 Å². The summed E-state index contributed by atoms with van der Waals surface area (Å²) >= 11 is 0. The van der Waals surface area contributed by atoms with Crippen molar-refractivity contribution in [1.29, 1.82) is 0 Å². The van der Waals surface area contributed by atoms with Crippen LogP contribution in [0.15, 0.2) is 46.3 Å². The van der Waals surface area contributed by atoms with Gasteiger partial charge in [0.2, 0.25) is 0 Å². The Bertz CT molecular complexity index is 601. The molecule has 0 radical (unpaired) electrons. The van der Waals surface area contributed by atoms with Crippen LogP contribution in [0.2, 0.25) is 0 Å². The van der Waals surface area contributed by atoms with Crippen LogP contribution in [-0.4, -0.2) is 26.0 Å². The van der Waals surface area contributed by atoms with Crippen molar-refractivity contribution >= 4 is 12.9 Å². The molecule has 0 bridgehead atoms. The maximum absolute atomic E-state index is 11.5. The number of hydrogen-bond donors (Lipinski definition) is 1. The summed E-state index contributed by atoms with van der Waals surface area (Å²) < 4.78 is 11.5. The molecule has 27 heavy (non-hydrogen) atoms. The molecule has 1 saturated carbocycles. The lowest BCUT2D eigenvalue weighted by molar-refractivity contribution is 0.345. The normalized spacial score (nSPS) is 17.4. The van der Waals surface area contributed by atoms with E-state index in [2.05, 4.69) is 54.0 Å². The molecule has 0 spiro atoms. The maximum Gasteiger partial charge on any atom is 0.0605 e. The molecule has 4 heteroatoms. The van der Waals surface area contributed by atoms with Crippen LogP contribution in [-0.2, 0) is 0 Å². The van der Waals surface area contributed by atoms with Crippen LogP contribution in [0.4, 0.5) is 4.48 Å². The first-order valence-electron chi connectivity index (χ1n) is 9.92. The predicted molar refractivity (Wildman–Crippen MR) is 116 cm³/mol. The molecule has 0 aromatic rings. The summed E-state index contributed by atoms with van der Waals surface area (Å²) in [5.41, 5.74) is 1.88. The summed E-state index contributed by atoms with van der Waals surface area (Å²) in [6.45, 7) is 10.5. The van der Waals surface area contributed by atoms with E-state index in [-0.39, 0.29) is 0 Å². The van der Waals surface area contributed by atoms with Crippen molar-refractivity contribution in [3.05, 3.63) is 36.1 Å². The van der Waals surface area contributed by atoms with Crippen molar-refractivity contribution in [3.8, 4) is 11.8 Å². The molecule has 148 valence electrons. The second-order valence-electron chi connectivity index (χ2n) is 7.46. The van der Waals surface area contributed by atoms with E-state index >= 15 is 0 Å². The molecule has 0 heterocycles. The Morgan fingerprint density at radius 2 is 2.19 bits per heavy atom. The van der Waals surface area contributed by atoms with E-state index < -0.39 is 0 Å². The average Bonchev–Trinajstić information content (AvgIpc) is 3.42. The summed E-state index contributed by atoms with van der Waals surface area (Å²) in [5.74, 6) is 6.66. The monoisotopic (exact) mass is 371 g/mol. The van der Waals surface area contributed by atoms with Crippen LogP contribution in [0.1, 0.15) is 58.8 Å². The lowest BCUT2D eigenvalue weighted by Gasteiger charge is -2.19. The predicted octanol–water partition coefficient (Wildman–Crippen LogP) is 5.62. The smallest absolute Gasteiger partial charge is 0.0605 e. The molecule has 0 amide bonds. The first kappa shape index (κ1) is 23.0. The molecular formula is C23H34FN3. The molecule has 1 unspecified atom stereocenters. The van der Waals surface area contributed by atoms with Gasteiger partial charge in [0.15, 0.2) is 0 Å². The summed E-state index contributed by atoms with van der Waals surface area (Å²) in [4.78, 5) is 3.80. The zero-order valence-corrected chi connectivity index (χ0v) is 16.9. The first-order valence-corrected chi connectivity index (χ1v) is 9.92. The maximum atomic E-state index is 11.5. The van der Waals surface area contributed by atoms with E-state index in [4.69, 9.17) is 0 Å². The topological polar surface area (TPSA) is 36.8 Å².